The van der Waals surface area contributed by atoms with Crippen LogP contribution in [0.25, 0.3) is 0 Å². The van der Waals surface area contributed by atoms with Gasteiger partial charge in [-0.15, -0.1) is 24.8 Å². The molecule has 0 aliphatic heterocycles. The lowest BCUT2D eigenvalue weighted by atomic mass is 10.1. The van der Waals surface area contributed by atoms with Crippen molar-refractivity contribution < 1.29 is 9.53 Å². The molecule has 1 aromatic carbocycles. The van der Waals surface area contributed by atoms with E-state index >= 15 is 0 Å². The van der Waals surface area contributed by atoms with Crippen LogP contribution in [-0.2, 0) is 11.3 Å². The third-order valence-corrected chi connectivity index (χ3v) is 2.74. The van der Waals surface area contributed by atoms with Gasteiger partial charge in [-0.25, -0.2) is 0 Å². The van der Waals surface area contributed by atoms with Crippen molar-refractivity contribution in [3.8, 4) is 5.75 Å². The summed E-state index contributed by atoms with van der Waals surface area (Å²) in [6.45, 7) is 5.32. The number of carbonyl (C=O) groups excluding carboxylic acids is 1. The zero-order valence-corrected chi connectivity index (χ0v) is 15.2. The molecule has 1 amide bonds. The minimum Gasteiger partial charge on any atom is -0.492 e. The number of hydrogen-bond donors (Lipinski definition) is 2. The number of amides is 1. The first-order valence-electron chi connectivity index (χ1n) is 6.72. The van der Waals surface area contributed by atoms with Gasteiger partial charge >= 0.3 is 0 Å². The lowest BCUT2D eigenvalue weighted by Gasteiger charge is -2.18. The number of halogens is 2. The quantitative estimate of drug-likeness (QED) is 0.786. The van der Waals surface area contributed by atoms with Crippen molar-refractivity contribution in [3.05, 3.63) is 29.8 Å². The highest BCUT2D eigenvalue weighted by molar-refractivity contribution is 5.85. The molecule has 7 heteroatoms. The molecule has 1 rings (SSSR count). The number of likely N-dealkylation sites (N-methyl/N-ethyl adjacent to an activating group) is 1. The molecule has 22 heavy (non-hydrogen) atoms. The van der Waals surface area contributed by atoms with Crippen LogP contribution in [0.4, 0.5) is 0 Å². The molecule has 0 fully saturated rings. The van der Waals surface area contributed by atoms with E-state index in [0.717, 1.165) is 17.9 Å². The van der Waals surface area contributed by atoms with Crippen LogP contribution in [0.2, 0.25) is 0 Å². The van der Waals surface area contributed by atoms with E-state index in [-0.39, 0.29) is 30.7 Å². The molecule has 5 nitrogen and oxygen atoms in total. The average Bonchev–Trinajstić information content (AvgIpc) is 2.35. The van der Waals surface area contributed by atoms with E-state index in [9.17, 15) is 4.79 Å². The highest BCUT2D eigenvalue weighted by Gasteiger charge is 2.21. The second-order valence-electron chi connectivity index (χ2n) is 5.70. The van der Waals surface area contributed by atoms with Gasteiger partial charge in [0.15, 0.2) is 0 Å². The van der Waals surface area contributed by atoms with Gasteiger partial charge < -0.3 is 20.7 Å². The Labute approximate surface area is 145 Å². The zero-order valence-electron chi connectivity index (χ0n) is 13.6. The largest absolute Gasteiger partial charge is 0.492 e. The van der Waals surface area contributed by atoms with Crippen LogP contribution in [0.1, 0.15) is 19.4 Å². The third kappa shape index (κ3) is 9.10. The van der Waals surface area contributed by atoms with Crippen molar-refractivity contribution in [2.75, 3.05) is 27.2 Å². The Kier molecular flexibility index (Phi) is 11.3. The first-order chi connectivity index (χ1) is 9.29. The minimum absolute atomic E-state index is 0. The first-order valence-corrected chi connectivity index (χ1v) is 6.72. The predicted molar refractivity (Wildman–Crippen MR) is 95.1 cm³/mol. The van der Waals surface area contributed by atoms with Gasteiger partial charge in [0.05, 0.1) is 5.54 Å². The molecule has 128 valence electrons. The van der Waals surface area contributed by atoms with Gasteiger partial charge in [-0.1, -0.05) is 12.1 Å². The van der Waals surface area contributed by atoms with Crippen molar-refractivity contribution in [3.63, 3.8) is 0 Å². The monoisotopic (exact) mass is 351 g/mol. The first kappa shape index (κ1) is 23.3. The lowest BCUT2D eigenvalue weighted by Crippen LogP contribution is -2.48. The summed E-state index contributed by atoms with van der Waals surface area (Å²) in [5, 5.41) is 2.81. The minimum atomic E-state index is -0.861. The van der Waals surface area contributed by atoms with E-state index in [1.165, 1.54) is 0 Å². The number of nitrogens with zero attached hydrogens (tertiary/aromatic N) is 1. The van der Waals surface area contributed by atoms with E-state index in [0.29, 0.717) is 13.2 Å². The van der Waals surface area contributed by atoms with Gasteiger partial charge in [-0.2, -0.15) is 0 Å². The van der Waals surface area contributed by atoms with E-state index in [1.807, 2.05) is 38.4 Å². The third-order valence-electron chi connectivity index (χ3n) is 2.74. The molecule has 0 aromatic heterocycles. The summed E-state index contributed by atoms with van der Waals surface area (Å²) < 4.78 is 5.65. The van der Waals surface area contributed by atoms with E-state index in [2.05, 4.69) is 10.2 Å². The van der Waals surface area contributed by atoms with Crippen molar-refractivity contribution >= 4 is 30.7 Å². The summed E-state index contributed by atoms with van der Waals surface area (Å²) in [6.07, 6.45) is 0. The number of rotatable bonds is 7. The Morgan fingerprint density at radius 2 is 1.95 bits per heavy atom. The normalized spacial score (nSPS) is 10.5. The Morgan fingerprint density at radius 1 is 1.32 bits per heavy atom. The molecule has 0 bridgehead atoms. The maximum Gasteiger partial charge on any atom is 0.239 e. The van der Waals surface area contributed by atoms with Crippen LogP contribution >= 0.6 is 24.8 Å². The summed E-state index contributed by atoms with van der Waals surface area (Å²) in [6, 6.07) is 7.70. The molecule has 0 spiro atoms. The van der Waals surface area contributed by atoms with Gasteiger partial charge in [-0.3, -0.25) is 4.79 Å². The Hall–Kier alpha value is -1.01. The fraction of sp³-hybridized carbons (Fsp3) is 0.533. The van der Waals surface area contributed by atoms with Gasteiger partial charge in [0.1, 0.15) is 12.4 Å². The smallest absolute Gasteiger partial charge is 0.239 e. The summed E-state index contributed by atoms with van der Waals surface area (Å²) in [5.41, 5.74) is 5.86. The Balaban J connectivity index is 0. The highest BCUT2D eigenvalue weighted by atomic mass is 35.5. The summed E-state index contributed by atoms with van der Waals surface area (Å²) >= 11 is 0. The molecule has 0 aliphatic carbocycles. The predicted octanol–water partition coefficient (Wildman–Crippen LogP) is 1.82. The van der Waals surface area contributed by atoms with Gasteiger partial charge in [0.25, 0.3) is 0 Å². The topological polar surface area (TPSA) is 67.6 Å². The molecule has 1 aromatic rings. The number of nitrogens with one attached hydrogen (secondary N) is 1. The number of ether oxygens (including phenoxy) is 1. The average molecular weight is 352 g/mol. The number of benzene rings is 1. The second-order valence-corrected chi connectivity index (χ2v) is 5.70. The molecule has 0 radical (unpaired) electrons. The maximum atomic E-state index is 11.7. The van der Waals surface area contributed by atoms with Crippen LogP contribution in [0.15, 0.2) is 24.3 Å². The van der Waals surface area contributed by atoms with Crippen LogP contribution in [0.5, 0.6) is 5.75 Å². The van der Waals surface area contributed by atoms with Crippen LogP contribution < -0.4 is 15.8 Å². The van der Waals surface area contributed by atoms with Crippen molar-refractivity contribution in [1.82, 2.24) is 10.2 Å². The Bertz CT molecular complexity index is 449. The molecule has 0 unspecified atom stereocenters. The number of nitrogens with two attached hydrogens (primary N) is 1. The molecule has 0 aliphatic rings. The molecule has 0 saturated heterocycles. The van der Waals surface area contributed by atoms with Crippen molar-refractivity contribution in [2.24, 2.45) is 5.73 Å². The number of hydrogen-bond acceptors (Lipinski definition) is 4. The van der Waals surface area contributed by atoms with Crippen molar-refractivity contribution in [1.29, 1.82) is 0 Å². The van der Waals surface area contributed by atoms with Crippen LogP contribution in [0.3, 0.4) is 0 Å². The SMILES string of the molecule is CN(C)CCOc1cccc(CNC(=O)C(C)(C)N)c1.Cl.Cl. The zero-order chi connectivity index (χ0) is 15.2. The van der Waals surface area contributed by atoms with Gasteiger partial charge in [0, 0.05) is 13.1 Å². The molecular weight excluding hydrogens is 325 g/mol. The standard InChI is InChI=1S/C15H25N3O2.2ClH/c1-15(2,16)14(19)17-11-12-6-5-7-13(10-12)20-9-8-18(3)4;;/h5-7,10H,8-9,11,16H2,1-4H3,(H,17,19);2*1H. The molecule has 3 N–H and O–H groups in total. The van der Waals surface area contributed by atoms with Crippen LogP contribution in [-0.4, -0.2) is 43.6 Å². The Morgan fingerprint density at radius 3 is 2.50 bits per heavy atom. The molecule has 0 atom stereocenters. The van der Waals surface area contributed by atoms with Crippen molar-refractivity contribution in [2.45, 2.75) is 25.9 Å². The lowest BCUT2D eigenvalue weighted by molar-refractivity contribution is -0.125. The molecular formula is C15H27Cl2N3O2. The summed E-state index contributed by atoms with van der Waals surface area (Å²) in [7, 11) is 4.01. The molecule has 0 heterocycles. The fourth-order valence-electron chi connectivity index (χ4n) is 1.50. The fourth-order valence-corrected chi connectivity index (χ4v) is 1.50. The van der Waals surface area contributed by atoms with Crippen LogP contribution in [0, 0.1) is 0 Å². The second kappa shape index (κ2) is 10.7. The summed E-state index contributed by atoms with van der Waals surface area (Å²) in [5.74, 6) is 0.641. The van der Waals surface area contributed by atoms with Gasteiger partial charge in [0.2, 0.25) is 5.91 Å². The summed E-state index contributed by atoms with van der Waals surface area (Å²) in [4.78, 5) is 13.8. The van der Waals surface area contributed by atoms with E-state index in [4.69, 9.17) is 10.5 Å². The maximum absolute atomic E-state index is 11.7. The highest BCUT2D eigenvalue weighted by Crippen LogP contribution is 2.13. The van der Waals surface area contributed by atoms with E-state index in [1.54, 1.807) is 13.8 Å². The van der Waals surface area contributed by atoms with Gasteiger partial charge in [-0.05, 0) is 45.6 Å². The number of carbonyl (C=O) groups is 1. The van der Waals surface area contributed by atoms with E-state index < -0.39 is 5.54 Å². The molecule has 0 saturated carbocycles.